The van der Waals surface area contributed by atoms with Gasteiger partial charge in [-0.15, -0.1) is 0 Å². The van der Waals surface area contributed by atoms with E-state index in [1.54, 1.807) is 0 Å². The number of Topliss-reactive ketones (excluding diaryl/α,β-unsaturated/α-hetero) is 1. The molecule has 0 aromatic heterocycles. The molecule has 1 nitrogen and oxygen atoms in total. The highest BCUT2D eigenvalue weighted by Crippen LogP contribution is 2.34. The van der Waals surface area contributed by atoms with E-state index in [0.29, 0.717) is 11.7 Å². The zero-order chi connectivity index (χ0) is 11.4. The predicted octanol–water partition coefficient (Wildman–Crippen LogP) is 3.82. The first-order chi connectivity index (χ1) is 7.81. The summed E-state index contributed by atoms with van der Waals surface area (Å²) in [6.45, 7) is 2.14. The fraction of sp³-hybridized carbons (Fsp3) is 0.533. The molecule has 0 radical (unpaired) electrons. The van der Waals surface area contributed by atoms with Crippen molar-refractivity contribution in [2.24, 2.45) is 11.8 Å². The Morgan fingerprint density at radius 3 is 2.81 bits per heavy atom. The normalized spacial score (nSPS) is 24.1. The monoisotopic (exact) mass is 216 g/mol. The van der Waals surface area contributed by atoms with Crippen LogP contribution in [0.3, 0.4) is 0 Å². The predicted molar refractivity (Wildman–Crippen MR) is 67.1 cm³/mol. The van der Waals surface area contributed by atoms with E-state index < -0.39 is 0 Å². The van der Waals surface area contributed by atoms with Gasteiger partial charge in [-0.2, -0.15) is 0 Å². The summed E-state index contributed by atoms with van der Waals surface area (Å²) >= 11 is 0. The van der Waals surface area contributed by atoms with E-state index in [1.165, 1.54) is 12.8 Å². The number of carbonyl (C=O) groups excluding carboxylic acids is 1. The summed E-state index contributed by atoms with van der Waals surface area (Å²) in [6.07, 6.45) is 15.7. The lowest BCUT2D eigenvalue weighted by molar-refractivity contribution is -0.116. The van der Waals surface area contributed by atoms with Gasteiger partial charge in [-0.05, 0) is 18.8 Å². The molecule has 1 atom stereocenters. The van der Waals surface area contributed by atoms with E-state index in [1.807, 2.05) is 24.3 Å². The van der Waals surface area contributed by atoms with Gasteiger partial charge in [0.2, 0.25) is 0 Å². The molecule has 16 heavy (non-hydrogen) atoms. The van der Waals surface area contributed by atoms with Crippen molar-refractivity contribution in [1.82, 2.24) is 0 Å². The van der Waals surface area contributed by atoms with Crippen LogP contribution in [-0.2, 0) is 4.79 Å². The van der Waals surface area contributed by atoms with E-state index in [0.717, 1.165) is 30.8 Å². The summed E-state index contributed by atoms with van der Waals surface area (Å²) in [5.74, 6) is 1.53. The molecule has 1 unspecified atom stereocenters. The van der Waals surface area contributed by atoms with Crippen LogP contribution in [0, 0.1) is 11.8 Å². The molecule has 1 fully saturated rings. The molecule has 0 heterocycles. The van der Waals surface area contributed by atoms with Crippen LogP contribution in [0.15, 0.2) is 36.0 Å². The van der Waals surface area contributed by atoms with Gasteiger partial charge in [0, 0.05) is 17.9 Å². The molecule has 0 N–H and O–H groups in total. The lowest BCUT2D eigenvalue weighted by Gasteiger charge is -2.13. The van der Waals surface area contributed by atoms with Gasteiger partial charge in [0.1, 0.15) is 0 Å². The number of hydrogen-bond donors (Lipinski definition) is 0. The molecule has 2 aliphatic carbocycles. The number of hydrogen-bond acceptors (Lipinski definition) is 1. The van der Waals surface area contributed by atoms with Gasteiger partial charge < -0.3 is 0 Å². The van der Waals surface area contributed by atoms with Crippen LogP contribution in [0.25, 0.3) is 0 Å². The second-order valence-electron chi connectivity index (χ2n) is 4.81. The Morgan fingerprint density at radius 2 is 2.12 bits per heavy atom. The van der Waals surface area contributed by atoms with Crippen LogP contribution >= 0.6 is 0 Å². The molecule has 0 aliphatic heterocycles. The maximum Gasteiger partial charge on any atom is 0.159 e. The van der Waals surface area contributed by atoms with Crippen LogP contribution in [0.1, 0.15) is 39.0 Å². The lowest BCUT2D eigenvalue weighted by Crippen LogP contribution is -2.11. The SMILES string of the molecule is CCC1C=CC=CC=C1C(=O)CCC1CC1. The first-order valence-electron chi connectivity index (χ1n) is 6.39. The molecule has 0 aromatic rings. The van der Waals surface area contributed by atoms with Gasteiger partial charge >= 0.3 is 0 Å². The van der Waals surface area contributed by atoms with Crippen molar-refractivity contribution in [3.05, 3.63) is 36.0 Å². The van der Waals surface area contributed by atoms with Crippen LogP contribution in [0.4, 0.5) is 0 Å². The first-order valence-corrected chi connectivity index (χ1v) is 6.39. The van der Waals surface area contributed by atoms with Gasteiger partial charge in [-0.3, -0.25) is 4.79 Å². The topological polar surface area (TPSA) is 17.1 Å². The van der Waals surface area contributed by atoms with Crippen LogP contribution in [0.2, 0.25) is 0 Å². The summed E-state index contributed by atoms with van der Waals surface area (Å²) < 4.78 is 0. The average Bonchev–Trinajstić information content (AvgIpc) is 3.12. The summed E-state index contributed by atoms with van der Waals surface area (Å²) in [6, 6.07) is 0. The molecule has 2 aliphatic rings. The number of ketones is 1. The average molecular weight is 216 g/mol. The standard InChI is InChI=1S/C15H20O/c1-2-13-6-4-3-5-7-14(13)15(16)11-10-12-8-9-12/h3-7,12-13H,2,8-11H2,1H3. The maximum atomic E-state index is 12.1. The smallest absolute Gasteiger partial charge is 0.159 e. The van der Waals surface area contributed by atoms with Crippen molar-refractivity contribution in [3.63, 3.8) is 0 Å². The molecule has 0 bridgehead atoms. The Morgan fingerprint density at radius 1 is 1.31 bits per heavy atom. The Kier molecular flexibility index (Phi) is 3.76. The molecule has 0 amide bonds. The first kappa shape index (κ1) is 11.4. The molecule has 1 heteroatoms. The number of allylic oxidation sites excluding steroid dienone is 6. The summed E-state index contributed by atoms with van der Waals surface area (Å²) in [7, 11) is 0. The Hall–Kier alpha value is -1.11. The van der Waals surface area contributed by atoms with E-state index >= 15 is 0 Å². The lowest BCUT2D eigenvalue weighted by atomic mass is 9.90. The largest absolute Gasteiger partial charge is 0.295 e. The van der Waals surface area contributed by atoms with E-state index in [9.17, 15) is 4.79 Å². The van der Waals surface area contributed by atoms with Crippen molar-refractivity contribution in [3.8, 4) is 0 Å². The van der Waals surface area contributed by atoms with Gasteiger partial charge in [0.15, 0.2) is 5.78 Å². The molecule has 1 saturated carbocycles. The third kappa shape index (κ3) is 2.94. The molecular formula is C15H20O. The van der Waals surface area contributed by atoms with Gasteiger partial charge in [-0.25, -0.2) is 0 Å². The fourth-order valence-electron chi connectivity index (χ4n) is 2.19. The zero-order valence-corrected chi connectivity index (χ0v) is 9.99. The van der Waals surface area contributed by atoms with Gasteiger partial charge in [-0.1, -0.05) is 50.1 Å². The molecule has 2 rings (SSSR count). The molecular weight excluding hydrogens is 196 g/mol. The molecule has 0 spiro atoms. The zero-order valence-electron chi connectivity index (χ0n) is 9.99. The van der Waals surface area contributed by atoms with Gasteiger partial charge in [0.25, 0.3) is 0 Å². The van der Waals surface area contributed by atoms with Crippen molar-refractivity contribution in [2.45, 2.75) is 39.0 Å². The quantitative estimate of drug-likeness (QED) is 0.682. The van der Waals surface area contributed by atoms with Crippen LogP contribution < -0.4 is 0 Å². The van der Waals surface area contributed by atoms with Crippen molar-refractivity contribution in [1.29, 1.82) is 0 Å². The number of carbonyl (C=O) groups is 1. The van der Waals surface area contributed by atoms with E-state index in [-0.39, 0.29) is 0 Å². The highest BCUT2D eigenvalue weighted by atomic mass is 16.1. The highest BCUT2D eigenvalue weighted by Gasteiger charge is 2.24. The summed E-state index contributed by atoms with van der Waals surface area (Å²) in [5.41, 5.74) is 1.01. The third-order valence-electron chi connectivity index (χ3n) is 3.48. The Labute approximate surface area is 97.9 Å². The van der Waals surface area contributed by atoms with Crippen LogP contribution in [-0.4, -0.2) is 5.78 Å². The second kappa shape index (κ2) is 5.29. The fourth-order valence-corrected chi connectivity index (χ4v) is 2.19. The third-order valence-corrected chi connectivity index (χ3v) is 3.48. The Bertz CT molecular complexity index is 342. The summed E-state index contributed by atoms with van der Waals surface area (Å²) in [4.78, 5) is 12.1. The van der Waals surface area contributed by atoms with Crippen molar-refractivity contribution >= 4 is 5.78 Å². The minimum atomic E-state index is 0.321. The molecule has 86 valence electrons. The van der Waals surface area contributed by atoms with Crippen LogP contribution in [0.5, 0.6) is 0 Å². The highest BCUT2D eigenvalue weighted by molar-refractivity contribution is 5.96. The van der Waals surface area contributed by atoms with Gasteiger partial charge in [0.05, 0.1) is 0 Å². The van der Waals surface area contributed by atoms with E-state index in [4.69, 9.17) is 0 Å². The van der Waals surface area contributed by atoms with Crippen molar-refractivity contribution < 1.29 is 4.79 Å². The number of rotatable bonds is 5. The van der Waals surface area contributed by atoms with Crippen molar-refractivity contribution in [2.75, 3.05) is 0 Å². The molecule has 0 saturated heterocycles. The minimum absolute atomic E-state index is 0.321. The minimum Gasteiger partial charge on any atom is -0.295 e. The maximum absolute atomic E-state index is 12.1. The van der Waals surface area contributed by atoms with E-state index in [2.05, 4.69) is 13.0 Å². The second-order valence-corrected chi connectivity index (χ2v) is 4.81. The Balaban J connectivity index is 1.98. The summed E-state index contributed by atoms with van der Waals surface area (Å²) in [5, 5.41) is 0. The molecule has 0 aromatic carbocycles.